The van der Waals surface area contributed by atoms with Crippen LogP contribution in [0.3, 0.4) is 0 Å². The number of methoxy groups -OCH3 is 1. The van der Waals surface area contributed by atoms with Gasteiger partial charge in [0.05, 0.1) is 24.2 Å². The number of nitrogens with zero attached hydrogens (tertiary/aromatic N) is 2. The number of nitrogens with one attached hydrogen (secondary N) is 2. The van der Waals surface area contributed by atoms with E-state index < -0.39 is 5.78 Å². The molecule has 2 N–H and O–H groups in total. The number of ketones is 2. The van der Waals surface area contributed by atoms with Crippen molar-refractivity contribution in [3.8, 4) is 6.07 Å². The van der Waals surface area contributed by atoms with Crippen LogP contribution >= 0.6 is 0 Å². The predicted octanol–water partition coefficient (Wildman–Crippen LogP) is 7.50. The van der Waals surface area contributed by atoms with Crippen LogP contribution in [-0.2, 0) is 25.6 Å². The topological polar surface area (TPSA) is 104 Å². The Kier molecular flexibility index (Phi) is 18.7. The zero-order valence-electron chi connectivity index (χ0n) is 30.5. The number of likely N-dealkylation sites (tertiary alicyclic amines) is 1. The molecule has 1 aliphatic heterocycles. The number of Topliss-reactive ketones (excluding diaryl/α,β-unsaturated/α-hetero) is 2. The number of carbonyl (C=O) groups is 2. The summed E-state index contributed by atoms with van der Waals surface area (Å²) in [5.74, 6) is 0.547. The van der Waals surface area contributed by atoms with Crippen molar-refractivity contribution < 1.29 is 19.1 Å². The molecule has 8 nitrogen and oxygen atoms in total. The fourth-order valence-electron chi connectivity index (χ4n) is 6.77. The highest BCUT2D eigenvalue weighted by Gasteiger charge is 2.37. The van der Waals surface area contributed by atoms with Crippen molar-refractivity contribution in [1.82, 2.24) is 15.5 Å². The minimum absolute atomic E-state index is 0.0483. The first kappa shape index (κ1) is 39.9. The Bertz CT molecular complexity index is 1320. The zero-order chi connectivity index (χ0) is 35.3. The molecule has 1 saturated carbocycles. The van der Waals surface area contributed by atoms with Crippen LogP contribution in [0.15, 0.2) is 66.0 Å². The van der Waals surface area contributed by atoms with Crippen molar-refractivity contribution in [3.63, 3.8) is 0 Å². The van der Waals surface area contributed by atoms with E-state index in [0.717, 1.165) is 68.1 Å². The molecule has 5 rings (SSSR count). The Labute approximate surface area is 295 Å². The van der Waals surface area contributed by atoms with Gasteiger partial charge in [-0.15, -0.1) is 0 Å². The van der Waals surface area contributed by atoms with Crippen molar-refractivity contribution in [2.45, 2.75) is 97.6 Å². The number of carbonyl (C=O) groups excluding carboxylic acids is 2. The average Bonchev–Trinajstić information content (AvgIpc) is 3.44. The van der Waals surface area contributed by atoms with E-state index in [4.69, 9.17) is 14.7 Å². The normalized spacial score (nSPS) is 18.6. The van der Waals surface area contributed by atoms with E-state index in [0.29, 0.717) is 37.6 Å². The van der Waals surface area contributed by atoms with Gasteiger partial charge in [-0.2, -0.15) is 5.26 Å². The van der Waals surface area contributed by atoms with Crippen LogP contribution in [0.4, 0.5) is 0 Å². The van der Waals surface area contributed by atoms with Gasteiger partial charge < -0.3 is 25.0 Å². The van der Waals surface area contributed by atoms with Gasteiger partial charge in [-0.1, -0.05) is 95.3 Å². The Morgan fingerprint density at radius 1 is 0.918 bits per heavy atom. The highest BCUT2D eigenvalue weighted by atomic mass is 16.5. The van der Waals surface area contributed by atoms with Crippen molar-refractivity contribution in [2.24, 2.45) is 11.8 Å². The van der Waals surface area contributed by atoms with Crippen molar-refractivity contribution >= 4 is 11.6 Å². The maximum atomic E-state index is 12.8. The van der Waals surface area contributed by atoms with E-state index in [1.807, 2.05) is 56.3 Å². The molecule has 2 atom stereocenters. The Hall–Kier alpha value is -3.51. The second-order valence-electron chi connectivity index (χ2n) is 13.2. The van der Waals surface area contributed by atoms with Crippen LogP contribution < -0.4 is 10.6 Å². The third-order valence-electron chi connectivity index (χ3n) is 9.42. The monoisotopic (exact) mass is 672 g/mol. The molecule has 2 aromatic rings. The number of hydrogen-bond donors (Lipinski definition) is 2. The maximum absolute atomic E-state index is 12.8. The summed E-state index contributed by atoms with van der Waals surface area (Å²) < 4.78 is 11.6. The van der Waals surface area contributed by atoms with Crippen molar-refractivity contribution in [1.29, 1.82) is 5.26 Å². The van der Waals surface area contributed by atoms with Crippen LogP contribution in [0, 0.1) is 23.2 Å². The first-order valence-corrected chi connectivity index (χ1v) is 18.6. The molecule has 0 aromatic heterocycles. The van der Waals surface area contributed by atoms with Crippen LogP contribution in [0.1, 0.15) is 108 Å². The lowest BCUT2D eigenvalue weighted by Gasteiger charge is -2.39. The van der Waals surface area contributed by atoms with E-state index in [1.54, 1.807) is 7.11 Å². The zero-order valence-corrected chi connectivity index (χ0v) is 30.5. The second kappa shape index (κ2) is 23.0. The maximum Gasteiger partial charge on any atom is 0.246 e. The van der Waals surface area contributed by atoms with Crippen molar-refractivity contribution in [2.75, 3.05) is 46.5 Å². The first-order chi connectivity index (χ1) is 24.0. The van der Waals surface area contributed by atoms with Crippen LogP contribution in [0.5, 0.6) is 0 Å². The molecular formula is C41H60N4O4. The summed E-state index contributed by atoms with van der Waals surface area (Å²) in [5, 5.41) is 15.6. The number of rotatable bonds is 15. The fourth-order valence-corrected chi connectivity index (χ4v) is 6.77. The molecule has 1 heterocycles. The van der Waals surface area contributed by atoms with Crippen molar-refractivity contribution in [3.05, 3.63) is 82.7 Å². The summed E-state index contributed by atoms with van der Waals surface area (Å²) in [6, 6.07) is 20.0. The summed E-state index contributed by atoms with van der Waals surface area (Å²) in [6.07, 6.45) is 11.2. The lowest BCUT2D eigenvalue weighted by molar-refractivity contribution is -0.133. The number of ether oxygens (including phenoxy) is 2. The summed E-state index contributed by atoms with van der Waals surface area (Å²) in [5.41, 5.74) is 4.22. The van der Waals surface area contributed by atoms with Gasteiger partial charge in [0, 0.05) is 58.1 Å². The van der Waals surface area contributed by atoms with E-state index in [-0.39, 0.29) is 24.2 Å². The minimum Gasteiger partial charge on any atom is -0.385 e. The number of hydrogen-bond acceptors (Lipinski definition) is 8. The third kappa shape index (κ3) is 13.4. The third-order valence-corrected chi connectivity index (χ3v) is 9.42. The molecule has 0 spiro atoms. The number of allylic oxidation sites excluding steroid dienone is 2. The van der Waals surface area contributed by atoms with Gasteiger partial charge in [0.15, 0.2) is 0 Å². The SMILES string of the molecule is CC.CC1CCCCC1.COCCCOC(c1ccccc1)C1CCCN(C2=C(NCCCNCc3ccc(C#N)cc3)C(=O)C(=O)C2)C1. The predicted molar refractivity (Wildman–Crippen MR) is 197 cm³/mol. The van der Waals surface area contributed by atoms with Gasteiger partial charge in [-0.05, 0) is 61.4 Å². The quantitative estimate of drug-likeness (QED) is 0.148. The Balaban J connectivity index is 0.000000633. The molecule has 0 amide bonds. The Morgan fingerprint density at radius 2 is 1.65 bits per heavy atom. The average molecular weight is 673 g/mol. The van der Waals surface area contributed by atoms with E-state index in [2.05, 4.69) is 40.7 Å². The molecule has 49 heavy (non-hydrogen) atoms. The van der Waals surface area contributed by atoms with Gasteiger partial charge in [0.25, 0.3) is 0 Å². The molecule has 8 heteroatoms. The van der Waals surface area contributed by atoms with Crippen LogP contribution in [-0.4, -0.2) is 63.0 Å². The molecule has 1 saturated heterocycles. The molecule has 2 aromatic carbocycles. The lowest BCUT2D eigenvalue weighted by Crippen LogP contribution is -2.39. The molecule has 3 aliphatic rings. The largest absolute Gasteiger partial charge is 0.385 e. The summed E-state index contributed by atoms with van der Waals surface area (Å²) in [4.78, 5) is 27.5. The van der Waals surface area contributed by atoms with Gasteiger partial charge >= 0.3 is 0 Å². The van der Waals surface area contributed by atoms with Gasteiger partial charge in [0.1, 0.15) is 5.70 Å². The van der Waals surface area contributed by atoms with Crippen LogP contribution in [0.2, 0.25) is 0 Å². The summed E-state index contributed by atoms with van der Waals surface area (Å²) >= 11 is 0. The summed E-state index contributed by atoms with van der Waals surface area (Å²) in [7, 11) is 1.70. The molecule has 2 fully saturated rings. The van der Waals surface area contributed by atoms with E-state index in [1.165, 1.54) is 32.1 Å². The highest BCUT2D eigenvalue weighted by molar-refractivity contribution is 6.46. The lowest BCUT2D eigenvalue weighted by atomic mass is 9.88. The van der Waals surface area contributed by atoms with Gasteiger partial charge in [-0.25, -0.2) is 0 Å². The number of nitriles is 1. The number of piperidine rings is 1. The highest BCUT2D eigenvalue weighted by Crippen LogP contribution is 2.36. The van der Waals surface area contributed by atoms with E-state index >= 15 is 0 Å². The molecule has 0 bridgehead atoms. The second-order valence-corrected chi connectivity index (χ2v) is 13.2. The minimum atomic E-state index is -0.405. The molecule has 268 valence electrons. The standard InChI is InChI=1S/C32H40N4O4.C7H14.C2H6/c1-39-18-7-19-40-32(26-8-3-2-4-9-26)27-10-5-17-36(23-27)28-20-29(37)31(38)30(28)35-16-6-15-34-22-25-13-11-24(21-33)12-14-25;1-7-5-3-2-4-6-7;1-2/h2-4,8-9,11-14,27,32,34-35H,5-7,10,15-20,22-23H2,1H3;7H,2-6H2,1H3;1-2H3. The molecule has 0 radical (unpaired) electrons. The van der Waals surface area contributed by atoms with Gasteiger partial charge in [-0.3, -0.25) is 9.59 Å². The van der Waals surface area contributed by atoms with Gasteiger partial charge in [0.2, 0.25) is 11.6 Å². The Morgan fingerprint density at radius 3 is 2.31 bits per heavy atom. The number of benzene rings is 2. The van der Waals surface area contributed by atoms with E-state index in [9.17, 15) is 9.59 Å². The smallest absolute Gasteiger partial charge is 0.246 e. The molecule has 2 unspecified atom stereocenters. The first-order valence-electron chi connectivity index (χ1n) is 18.6. The fraction of sp³-hybridized carbons (Fsp3) is 0.585. The summed E-state index contributed by atoms with van der Waals surface area (Å²) in [6.45, 7) is 11.3. The molecule has 2 aliphatic carbocycles. The molecular weight excluding hydrogens is 612 g/mol. The van der Waals surface area contributed by atoms with Crippen LogP contribution in [0.25, 0.3) is 0 Å².